The predicted octanol–water partition coefficient (Wildman–Crippen LogP) is 12.7. The minimum Gasteiger partial charge on any atom is -0.277 e. The third-order valence-electron chi connectivity index (χ3n) is 10.2. The highest BCUT2D eigenvalue weighted by Gasteiger charge is 2.22. The van der Waals surface area contributed by atoms with E-state index < -0.39 is 0 Å². The van der Waals surface area contributed by atoms with E-state index in [4.69, 9.17) is 9.97 Å². The van der Waals surface area contributed by atoms with Crippen LogP contribution in [0.4, 0.5) is 0 Å². The molecule has 11 rings (SSSR count). The van der Waals surface area contributed by atoms with Gasteiger partial charge >= 0.3 is 0 Å². The van der Waals surface area contributed by atoms with E-state index >= 15 is 0 Å². The van der Waals surface area contributed by atoms with Crippen molar-refractivity contribution in [3.63, 3.8) is 0 Å². The van der Waals surface area contributed by atoms with Gasteiger partial charge in [0.2, 0.25) is 5.95 Å². The summed E-state index contributed by atoms with van der Waals surface area (Å²) in [6.45, 7) is 0. The summed E-state index contributed by atoms with van der Waals surface area (Å²) in [5.74, 6) is 0.666. The van der Waals surface area contributed by atoms with Gasteiger partial charge in [-0.1, -0.05) is 140 Å². The van der Waals surface area contributed by atoms with Crippen LogP contribution < -0.4 is 0 Å². The molecule has 0 aliphatic rings. The lowest BCUT2D eigenvalue weighted by atomic mass is 9.98. The van der Waals surface area contributed by atoms with Crippen LogP contribution in [0.1, 0.15) is 0 Å². The van der Waals surface area contributed by atoms with Crippen LogP contribution in [0.5, 0.6) is 0 Å². The van der Waals surface area contributed by atoms with Crippen LogP contribution in [0.3, 0.4) is 0 Å². The van der Waals surface area contributed by atoms with Crippen molar-refractivity contribution in [2.75, 3.05) is 0 Å². The van der Waals surface area contributed by atoms with E-state index in [0.29, 0.717) is 5.95 Å². The van der Waals surface area contributed by atoms with Gasteiger partial charge in [0.25, 0.3) is 0 Å². The van der Waals surface area contributed by atoms with Crippen molar-refractivity contribution in [3.8, 4) is 28.3 Å². The van der Waals surface area contributed by atoms with Crippen LogP contribution in [0.25, 0.3) is 103 Å². The van der Waals surface area contributed by atoms with Gasteiger partial charge < -0.3 is 0 Å². The van der Waals surface area contributed by atoms with E-state index in [1.807, 2.05) is 11.3 Å². The van der Waals surface area contributed by atoms with Crippen LogP contribution in [0.15, 0.2) is 164 Å². The molecule has 0 saturated carbocycles. The number of rotatable bonds is 3. The topological polar surface area (TPSA) is 30.7 Å². The monoisotopic (exact) mass is 653 g/mol. The SMILES string of the molecule is c1ccc(-c2nc(-n3c4cc5ccccc5cc4c4cccc(-c5cccc6c5sc5ccc7ccccc7c56)c43)nc3ccccc23)cc1. The van der Waals surface area contributed by atoms with E-state index in [2.05, 4.69) is 168 Å². The number of hydrogen-bond donors (Lipinski definition) is 0. The zero-order chi connectivity index (χ0) is 32.8. The molecule has 232 valence electrons. The summed E-state index contributed by atoms with van der Waals surface area (Å²) in [6, 6.07) is 58.8. The first-order valence-corrected chi connectivity index (χ1v) is 17.7. The average Bonchev–Trinajstić information content (AvgIpc) is 3.73. The van der Waals surface area contributed by atoms with Crippen molar-refractivity contribution in [2.24, 2.45) is 0 Å². The summed E-state index contributed by atoms with van der Waals surface area (Å²) >= 11 is 1.88. The number of hydrogen-bond acceptors (Lipinski definition) is 3. The predicted molar refractivity (Wildman–Crippen MR) is 213 cm³/mol. The van der Waals surface area contributed by atoms with Crippen molar-refractivity contribution in [3.05, 3.63) is 164 Å². The molecule has 0 unspecified atom stereocenters. The lowest BCUT2D eigenvalue weighted by Gasteiger charge is -2.14. The molecule has 11 aromatic rings. The number of fused-ring (bicyclic) bond motifs is 10. The summed E-state index contributed by atoms with van der Waals surface area (Å²) in [7, 11) is 0. The van der Waals surface area contributed by atoms with Crippen LogP contribution in [-0.4, -0.2) is 14.5 Å². The van der Waals surface area contributed by atoms with Gasteiger partial charge in [-0.2, -0.15) is 0 Å². The molecule has 0 spiro atoms. The molecule has 0 radical (unpaired) electrons. The number of aromatic nitrogens is 3. The highest BCUT2D eigenvalue weighted by molar-refractivity contribution is 7.26. The summed E-state index contributed by atoms with van der Waals surface area (Å²) in [6.07, 6.45) is 0. The second-order valence-corrected chi connectivity index (χ2v) is 14.0. The average molecular weight is 654 g/mol. The van der Waals surface area contributed by atoms with Crippen molar-refractivity contribution >= 4 is 85.8 Å². The molecule has 3 aromatic heterocycles. The highest BCUT2D eigenvalue weighted by atomic mass is 32.1. The van der Waals surface area contributed by atoms with Gasteiger partial charge in [0, 0.05) is 53.0 Å². The second kappa shape index (κ2) is 10.6. The standard InChI is InChI=1S/C46H27N3S/c1-2-13-29(14-3-1)43-36-18-8-9-23-39(36)47-46(48-43)49-40-27-31-16-5-4-15-30(31)26-38(40)34-20-10-19-33(44(34)49)35-21-11-22-37-42-32-17-7-6-12-28(32)24-25-41(42)50-45(35)37/h1-27H. The molecular formula is C46H27N3S. The third kappa shape index (κ3) is 3.97. The second-order valence-electron chi connectivity index (χ2n) is 13.0. The number of nitrogens with zero attached hydrogens (tertiary/aromatic N) is 3. The molecule has 3 heterocycles. The maximum Gasteiger partial charge on any atom is 0.235 e. The van der Waals surface area contributed by atoms with Gasteiger partial charge in [0.1, 0.15) is 0 Å². The zero-order valence-corrected chi connectivity index (χ0v) is 27.7. The number of para-hydroxylation sites is 2. The Kier molecular flexibility index (Phi) is 5.83. The summed E-state index contributed by atoms with van der Waals surface area (Å²) in [4.78, 5) is 10.7. The van der Waals surface area contributed by atoms with Gasteiger partial charge in [0.05, 0.1) is 22.2 Å². The molecule has 0 aliphatic carbocycles. The lowest BCUT2D eigenvalue weighted by molar-refractivity contribution is 1.01. The molecule has 0 saturated heterocycles. The van der Waals surface area contributed by atoms with Crippen molar-refractivity contribution < 1.29 is 0 Å². The third-order valence-corrected chi connectivity index (χ3v) is 11.4. The van der Waals surface area contributed by atoms with Gasteiger partial charge in [0.15, 0.2) is 0 Å². The fourth-order valence-electron chi connectivity index (χ4n) is 7.94. The van der Waals surface area contributed by atoms with E-state index in [0.717, 1.165) is 33.2 Å². The lowest BCUT2D eigenvalue weighted by Crippen LogP contribution is -2.04. The van der Waals surface area contributed by atoms with Crippen LogP contribution in [0, 0.1) is 0 Å². The molecule has 3 nitrogen and oxygen atoms in total. The summed E-state index contributed by atoms with van der Waals surface area (Å²) < 4.78 is 4.90. The van der Waals surface area contributed by atoms with Crippen LogP contribution >= 0.6 is 11.3 Å². The molecule has 0 aliphatic heterocycles. The molecule has 4 heteroatoms. The fourth-order valence-corrected chi connectivity index (χ4v) is 9.18. The molecule has 0 atom stereocenters. The normalized spacial score (nSPS) is 12.0. The minimum absolute atomic E-state index is 0.666. The highest BCUT2D eigenvalue weighted by Crippen LogP contribution is 2.46. The Bertz CT molecular complexity index is 3150. The van der Waals surface area contributed by atoms with E-state index in [1.165, 1.54) is 63.6 Å². The fraction of sp³-hybridized carbons (Fsp3) is 0. The van der Waals surface area contributed by atoms with Crippen molar-refractivity contribution in [2.45, 2.75) is 0 Å². The first-order valence-electron chi connectivity index (χ1n) is 16.9. The minimum atomic E-state index is 0.666. The van der Waals surface area contributed by atoms with E-state index in [9.17, 15) is 0 Å². The maximum absolute atomic E-state index is 5.41. The number of thiophene rings is 1. The van der Waals surface area contributed by atoms with Gasteiger partial charge in [-0.25, -0.2) is 9.97 Å². The largest absolute Gasteiger partial charge is 0.277 e. The molecule has 0 amide bonds. The first kappa shape index (κ1) is 27.6. The van der Waals surface area contributed by atoms with Gasteiger partial charge in [-0.15, -0.1) is 11.3 Å². The quantitative estimate of drug-likeness (QED) is 0.190. The van der Waals surface area contributed by atoms with Crippen LogP contribution in [-0.2, 0) is 0 Å². The summed E-state index contributed by atoms with van der Waals surface area (Å²) in [5.41, 5.74) is 7.51. The molecule has 8 aromatic carbocycles. The molecule has 0 bridgehead atoms. The molecular weight excluding hydrogens is 627 g/mol. The number of benzene rings is 8. The Morgan fingerprint density at radius 1 is 0.460 bits per heavy atom. The van der Waals surface area contributed by atoms with Crippen LogP contribution in [0.2, 0.25) is 0 Å². The Labute approximate surface area is 291 Å². The van der Waals surface area contributed by atoms with Gasteiger partial charge in [-0.3, -0.25) is 4.57 Å². The first-order chi connectivity index (χ1) is 24.8. The Hall–Kier alpha value is -6.36. The van der Waals surface area contributed by atoms with E-state index in [1.54, 1.807) is 0 Å². The molecule has 0 fully saturated rings. The maximum atomic E-state index is 5.41. The smallest absolute Gasteiger partial charge is 0.235 e. The Balaban J connectivity index is 1.29. The van der Waals surface area contributed by atoms with E-state index in [-0.39, 0.29) is 0 Å². The van der Waals surface area contributed by atoms with Gasteiger partial charge in [-0.05, 0) is 45.8 Å². The summed E-state index contributed by atoms with van der Waals surface area (Å²) in [5, 5.41) is 11.0. The molecule has 0 N–H and O–H groups in total. The van der Waals surface area contributed by atoms with Crippen molar-refractivity contribution in [1.29, 1.82) is 0 Å². The zero-order valence-electron chi connectivity index (χ0n) is 26.8. The Morgan fingerprint density at radius 3 is 2.00 bits per heavy atom. The molecule has 50 heavy (non-hydrogen) atoms. The van der Waals surface area contributed by atoms with Crippen molar-refractivity contribution in [1.82, 2.24) is 14.5 Å². The Morgan fingerprint density at radius 2 is 1.14 bits per heavy atom.